The Hall–Kier alpha value is -1.56. The normalized spacial score (nSPS) is 14.9. The fourth-order valence-electron chi connectivity index (χ4n) is 1.56. The third kappa shape index (κ3) is 2.26. The first-order chi connectivity index (χ1) is 8.22. The zero-order valence-corrected chi connectivity index (χ0v) is 10.6. The lowest BCUT2D eigenvalue weighted by Gasteiger charge is -2.03. The standard InChI is InChI=1S/C11H10BrN5/c12-7-3-4-8(14-5-7)10-15-9(6-1-2-6)16-11(13)17-10/h3-6H,1-2H2,(H2,13,15,16,17). The van der Waals surface area contributed by atoms with Crippen LogP contribution in [0.4, 0.5) is 5.95 Å². The van der Waals surface area contributed by atoms with Gasteiger partial charge in [0.05, 0.1) is 0 Å². The highest BCUT2D eigenvalue weighted by Crippen LogP contribution is 2.38. The summed E-state index contributed by atoms with van der Waals surface area (Å²) in [5.41, 5.74) is 6.41. The van der Waals surface area contributed by atoms with E-state index in [0.29, 0.717) is 17.4 Å². The van der Waals surface area contributed by atoms with E-state index in [1.807, 2.05) is 12.1 Å². The number of nitrogens with two attached hydrogens (primary N) is 1. The number of rotatable bonds is 2. The first kappa shape index (κ1) is 10.6. The Kier molecular flexibility index (Phi) is 2.51. The lowest BCUT2D eigenvalue weighted by molar-refractivity contribution is 0.898. The number of pyridine rings is 1. The summed E-state index contributed by atoms with van der Waals surface area (Å²) in [5.74, 6) is 2.06. The van der Waals surface area contributed by atoms with Crippen molar-refractivity contribution < 1.29 is 0 Å². The van der Waals surface area contributed by atoms with Gasteiger partial charge in [-0.3, -0.25) is 4.98 Å². The van der Waals surface area contributed by atoms with Gasteiger partial charge >= 0.3 is 0 Å². The number of halogens is 1. The molecule has 0 saturated heterocycles. The molecule has 2 N–H and O–H groups in total. The molecular formula is C11H10BrN5. The van der Waals surface area contributed by atoms with Gasteiger partial charge in [-0.15, -0.1) is 0 Å². The van der Waals surface area contributed by atoms with E-state index < -0.39 is 0 Å². The minimum absolute atomic E-state index is 0.265. The summed E-state index contributed by atoms with van der Waals surface area (Å²) in [6.45, 7) is 0. The molecule has 0 bridgehead atoms. The molecule has 6 heteroatoms. The van der Waals surface area contributed by atoms with E-state index in [4.69, 9.17) is 5.73 Å². The van der Waals surface area contributed by atoms with Gasteiger partial charge in [-0.2, -0.15) is 9.97 Å². The Bertz CT molecular complexity index is 550. The zero-order valence-electron chi connectivity index (χ0n) is 8.97. The Morgan fingerprint density at radius 1 is 1.18 bits per heavy atom. The minimum atomic E-state index is 0.265. The van der Waals surface area contributed by atoms with E-state index >= 15 is 0 Å². The average Bonchev–Trinajstić information content (AvgIpc) is 3.13. The predicted molar refractivity (Wildman–Crippen MR) is 67.1 cm³/mol. The van der Waals surface area contributed by atoms with Crippen LogP contribution in [0.15, 0.2) is 22.8 Å². The van der Waals surface area contributed by atoms with Crippen LogP contribution in [0, 0.1) is 0 Å². The molecule has 0 amide bonds. The Labute approximate surface area is 107 Å². The van der Waals surface area contributed by atoms with Crippen LogP contribution in [0.3, 0.4) is 0 Å². The van der Waals surface area contributed by atoms with Crippen LogP contribution in [0.25, 0.3) is 11.5 Å². The van der Waals surface area contributed by atoms with Crippen LogP contribution >= 0.6 is 15.9 Å². The Morgan fingerprint density at radius 2 is 2.00 bits per heavy atom. The van der Waals surface area contributed by atoms with Gasteiger partial charge in [-0.25, -0.2) is 4.98 Å². The van der Waals surface area contributed by atoms with Crippen molar-refractivity contribution in [2.24, 2.45) is 0 Å². The molecule has 0 aliphatic heterocycles. The number of anilines is 1. The molecule has 1 aliphatic carbocycles. The molecule has 0 aromatic carbocycles. The van der Waals surface area contributed by atoms with Crippen LogP contribution in [-0.4, -0.2) is 19.9 Å². The number of aromatic nitrogens is 4. The van der Waals surface area contributed by atoms with Crippen LogP contribution in [0.2, 0.25) is 0 Å². The topological polar surface area (TPSA) is 77.6 Å². The maximum Gasteiger partial charge on any atom is 0.223 e. The molecule has 2 aromatic heterocycles. The van der Waals surface area contributed by atoms with Gasteiger partial charge in [0, 0.05) is 16.6 Å². The third-order valence-corrected chi connectivity index (χ3v) is 3.04. The number of hydrogen-bond donors (Lipinski definition) is 1. The molecular weight excluding hydrogens is 282 g/mol. The fraction of sp³-hybridized carbons (Fsp3) is 0.273. The molecule has 0 spiro atoms. The van der Waals surface area contributed by atoms with Gasteiger partial charge in [0.25, 0.3) is 0 Å². The van der Waals surface area contributed by atoms with Crippen molar-refractivity contribution in [2.75, 3.05) is 5.73 Å². The molecule has 0 atom stereocenters. The van der Waals surface area contributed by atoms with Gasteiger partial charge < -0.3 is 5.73 Å². The summed E-state index contributed by atoms with van der Waals surface area (Å²) in [5, 5.41) is 0. The SMILES string of the molecule is Nc1nc(-c2ccc(Br)cn2)nc(C2CC2)n1. The van der Waals surface area contributed by atoms with Crippen molar-refractivity contribution in [3.05, 3.63) is 28.6 Å². The van der Waals surface area contributed by atoms with Gasteiger partial charge in [-0.1, -0.05) is 0 Å². The van der Waals surface area contributed by atoms with Crippen molar-refractivity contribution in [1.82, 2.24) is 19.9 Å². The van der Waals surface area contributed by atoms with E-state index in [-0.39, 0.29) is 5.95 Å². The van der Waals surface area contributed by atoms with Crippen LogP contribution in [-0.2, 0) is 0 Å². The molecule has 0 unspecified atom stereocenters. The zero-order chi connectivity index (χ0) is 11.8. The second-order valence-electron chi connectivity index (χ2n) is 4.01. The monoisotopic (exact) mass is 291 g/mol. The van der Waals surface area contributed by atoms with E-state index in [2.05, 4.69) is 35.9 Å². The van der Waals surface area contributed by atoms with Crippen molar-refractivity contribution in [2.45, 2.75) is 18.8 Å². The summed E-state index contributed by atoms with van der Waals surface area (Å²) in [7, 11) is 0. The van der Waals surface area contributed by atoms with Crippen molar-refractivity contribution in [3.8, 4) is 11.5 Å². The average molecular weight is 292 g/mol. The summed E-state index contributed by atoms with van der Waals surface area (Å²) in [6, 6.07) is 3.76. The van der Waals surface area contributed by atoms with Crippen molar-refractivity contribution >= 4 is 21.9 Å². The third-order valence-electron chi connectivity index (χ3n) is 2.57. The van der Waals surface area contributed by atoms with E-state index in [1.54, 1.807) is 6.20 Å². The van der Waals surface area contributed by atoms with Gasteiger partial charge in [0.15, 0.2) is 5.82 Å². The maximum atomic E-state index is 5.69. The molecule has 3 rings (SSSR count). The Morgan fingerprint density at radius 3 is 2.65 bits per heavy atom. The molecule has 86 valence electrons. The quantitative estimate of drug-likeness (QED) is 0.917. The summed E-state index contributed by atoms with van der Waals surface area (Å²) < 4.78 is 0.922. The van der Waals surface area contributed by atoms with E-state index in [9.17, 15) is 0 Å². The molecule has 1 saturated carbocycles. The largest absolute Gasteiger partial charge is 0.368 e. The lowest BCUT2D eigenvalue weighted by Crippen LogP contribution is -2.04. The molecule has 2 aromatic rings. The van der Waals surface area contributed by atoms with Crippen LogP contribution in [0.5, 0.6) is 0 Å². The first-order valence-corrected chi connectivity index (χ1v) is 6.15. The number of hydrogen-bond acceptors (Lipinski definition) is 5. The first-order valence-electron chi connectivity index (χ1n) is 5.36. The Balaban J connectivity index is 2.04. The predicted octanol–water partition coefficient (Wildman–Crippen LogP) is 2.16. The molecule has 17 heavy (non-hydrogen) atoms. The maximum absolute atomic E-state index is 5.69. The highest BCUT2D eigenvalue weighted by molar-refractivity contribution is 9.10. The van der Waals surface area contributed by atoms with Crippen LogP contribution < -0.4 is 5.73 Å². The molecule has 0 radical (unpaired) electrons. The van der Waals surface area contributed by atoms with Crippen molar-refractivity contribution in [1.29, 1.82) is 0 Å². The van der Waals surface area contributed by atoms with Crippen molar-refractivity contribution in [3.63, 3.8) is 0 Å². The summed E-state index contributed by atoms with van der Waals surface area (Å²) in [6.07, 6.45) is 3.99. The molecule has 2 heterocycles. The smallest absolute Gasteiger partial charge is 0.223 e. The van der Waals surface area contributed by atoms with Crippen LogP contribution in [0.1, 0.15) is 24.6 Å². The second kappa shape index (κ2) is 4.03. The number of nitrogens with zero attached hydrogens (tertiary/aromatic N) is 4. The number of nitrogen functional groups attached to an aromatic ring is 1. The van der Waals surface area contributed by atoms with Gasteiger partial charge in [0.1, 0.15) is 11.5 Å². The highest BCUT2D eigenvalue weighted by atomic mass is 79.9. The summed E-state index contributed by atoms with van der Waals surface area (Å²) >= 11 is 3.34. The van der Waals surface area contributed by atoms with Gasteiger partial charge in [-0.05, 0) is 40.9 Å². The molecule has 1 fully saturated rings. The van der Waals surface area contributed by atoms with E-state index in [0.717, 1.165) is 23.1 Å². The fourth-order valence-corrected chi connectivity index (χ4v) is 1.79. The highest BCUT2D eigenvalue weighted by Gasteiger charge is 2.27. The van der Waals surface area contributed by atoms with Gasteiger partial charge in [0.2, 0.25) is 5.95 Å². The molecule has 1 aliphatic rings. The minimum Gasteiger partial charge on any atom is -0.368 e. The molecule has 5 nitrogen and oxygen atoms in total. The second-order valence-corrected chi connectivity index (χ2v) is 4.93. The lowest BCUT2D eigenvalue weighted by atomic mass is 10.3. The summed E-state index contributed by atoms with van der Waals surface area (Å²) in [4.78, 5) is 16.9. The van der Waals surface area contributed by atoms with E-state index in [1.165, 1.54) is 0 Å².